The monoisotopic (exact) mass is 525 g/mol. The molecule has 0 aliphatic heterocycles. The highest BCUT2D eigenvalue weighted by molar-refractivity contribution is 5.91. The minimum Gasteiger partial charge on any atom is -0.466 e. The molecule has 0 fully saturated rings. The van der Waals surface area contributed by atoms with Crippen LogP contribution in [-0.2, 0) is 23.9 Å². The van der Waals surface area contributed by atoms with E-state index in [1.165, 1.54) is 25.3 Å². The van der Waals surface area contributed by atoms with E-state index in [0.717, 1.165) is 77.2 Å². The molecule has 0 saturated heterocycles. The van der Waals surface area contributed by atoms with Crippen LogP contribution in [0.5, 0.6) is 0 Å². The third kappa shape index (κ3) is 25.7. The molecule has 0 heterocycles. The maximum Gasteiger partial charge on any atom is 0.305 e. The summed E-state index contributed by atoms with van der Waals surface area (Å²) in [5.74, 6) is 0.786. The van der Waals surface area contributed by atoms with E-state index >= 15 is 0 Å². The summed E-state index contributed by atoms with van der Waals surface area (Å²) >= 11 is 0. The normalized spacial score (nSPS) is 12.1. The number of allylic oxidation sites excluding steroid dienone is 1. The second-order valence-electron chi connectivity index (χ2n) is 9.87. The van der Waals surface area contributed by atoms with Crippen molar-refractivity contribution in [2.75, 3.05) is 26.8 Å². The highest BCUT2D eigenvalue weighted by Crippen LogP contribution is 2.20. The number of ether oxygens (including phenoxy) is 2. The van der Waals surface area contributed by atoms with Crippen LogP contribution in [0.15, 0.2) is 12.7 Å². The van der Waals surface area contributed by atoms with Gasteiger partial charge >= 0.3 is 11.9 Å². The predicted octanol–water partition coefficient (Wildman–Crippen LogP) is 7.59. The fourth-order valence-electron chi connectivity index (χ4n) is 4.02. The Balaban J connectivity index is 0. The van der Waals surface area contributed by atoms with Gasteiger partial charge in [0, 0.05) is 18.8 Å². The van der Waals surface area contributed by atoms with Crippen molar-refractivity contribution in [3.8, 4) is 0 Å². The van der Waals surface area contributed by atoms with Gasteiger partial charge in [0.15, 0.2) is 5.78 Å². The highest BCUT2D eigenvalue weighted by atomic mass is 16.5. The Labute approximate surface area is 228 Å². The summed E-state index contributed by atoms with van der Waals surface area (Å²) in [7, 11) is 1.89. The lowest BCUT2D eigenvalue weighted by Gasteiger charge is -2.14. The van der Waals surface area contributed by atoms with Crippen LogP contribution in [0.1, 0.15) is 130 Å². The van der Waals surface area contributed by atoms with E-state index in [4.69, 9.17) is 9.47 Å². The SMILES string of the molecule is C=CC(=O)C(CC)CCNC.CCCCCCCOC(=O)CCCC(CC)CCCC(=O)OCCCC. The molecule has 0 aromatic rings. The van der Waals surface area contributed by atoms with Crippen LogP contribution in [0.2, 0.25) is 0 Å². The molecule has 6 nitrogen and oxygen atoms in total. The average Bonchev–Trinajstić information content (AvgIpc) is 2.90. The van der Waals surface area contributed by atoms with Gasteiger partial charge in [-0.2, -0.15) is 0 Å². The molecule has 37 heavy (non-hydrogen) atoms. The smallest absolute Gasteiger partial charge is 0.305 e. The average molecular weight is 526 g/mol. The lowest BCUT2D eigenvalue weighted by molar-refractivity contribution is -0.144. The fourth-order valence-corrected chi connectivity index (χ4v) is 4.02. The minimum atomic E-state index is -0.0733. The second-order valence-corrected chi connectivity index (χ2v) is 9.87. The molecule has 6 heteroatoms. The van der Waals surface area contributed by atoms with E-state index in [-0.39, 0.29) is 23.6 Å². The fraction of sp³-hybridized carbons (Fsp3) is 0.839. The van der Waals surface area contributed by atoms with Gasteiger partial charge in [0.1, 0.15) is 0 Å². The molecular formula is C31H59NO5. The summed E-state index contributed by atoms with van der Waals surface area (Å²) in [4.78, 5) is 34.4. The highest BCUT2D eigenvalue weighted by Gasteiger charge is 2.12. The zero-order chi connectivity index (χ0) is 28.2. The van der Waals surface area contributed by atoms with Crippen molar-refractivity contribution in [2.24, 2.45) is 11.8 Å². The van der Waals surface area contributed by atoms with Gasteiger partial charge in [-0.25, -0.2) is 0 Å². The number of unbranched alkanes of at least 4 members (excludes halogenated alkanes) is 5. The van der Waals surface area contributed by atoms with Crippen LogP contribution in [0, 0.1) is 11.8 Å². The number of ketones is 1. The molecule has 0 saturated carbocycles. The van der Waals surface area contributed by atoms with E-state index in [2.05, 4.69) is 32.7 Å². The van der Waals surface area contributed by atoms with Crippen molar-refractivity contribution in [3.63, 3.8) is 0 Å². The minimum absolute atomic E-state index is 0.0603. The Morgan fingerprint density at radius 3 is 1.73 bits per heavy atom. The van der Waals surface area contributed by atoms with Crippen LogP contribution in [0.25, 0.3) is 0 Å². The first-order valence-electron chi connectivity index (χ1n) is 15.0. The number of carbonyl (C=O) groups excluding carboxylic acids is 3. The van der Waals surface area contributed by atoms with Gasteiger partial charge in [0.2, 0.25) is 0 Å². The van der Waals surface area contributed by atoms with Crippen molar-refractivity contribution in [1.29, 1.82) is 0 Å². The number of nitrogens with one attached hydrogen (secondary N) is 1. The zero-order valence-corrected chi connectivity index (χ0v) is 24.9. The molecule has 0 aromatic carbocycles. The topological polar surface area (TPSA) is 81.7 Å². The number of hydrogen-bond acceptors (Lipinski definition) is 6. The first kappa shape index (κ1) is 37.5. The Bertz CT molecular complexity index is 564. The molecule has 0 aromatic heterocycles. The van der Waals surface area contributed by atoms with Crippen LogP contribution in [0.4, 0.5) is 0 Å². The van der Waals surface area contributed by atoms with E-state index < -0.39 is 0 Å². The summed E-state index contributed by atoms with van der Waals surface area (Å²) in [6.07, 6.45) is 17.1. The van der Waals surface area contributed by atoms with Gasteiger partial charge in [-0.15, -0.1) is 0 Å². The molecule has 2 unspecified atom stereocenters. The van der Waals surface area contributed by atoms with E-state index in [1.807, 2.05) is 14.0 Å². The first-order valence-corrected chi connectivity index (χ1v) is 15.0. The zero-order valence-electron chi connectivity index (χ0n) is 24.9. The first-order chi connectivity index (χ1) is 17.9. The van der Waals surface area contributed by atoms with Crippen molar-refractivity contribution >= 4 is 17.7 Å². The van der Waals surface area contributed by atoms with Crippen molar-refractivity contribution in [3.05, 3.63) is 12.7 Å². The summed E-state index contributed by atoms with van der Waals surface area (Å²) in [5.41, 5.74) is 0. The van der Waals surface area contributed by atoms with Gasteiger partial charge in [-0.1, -0.05) is 72.8 Å². The van der Waals surface area contributed by atoms with E-state index in [0.29, 0.717) is 32.0 Å². The summed E-state index contributed by atoms with van der Waals surface area (Å²) in [6.45, 7) is 14.0. The van der Waals surface area contributed by atoms with E-state index in [9.17, 15) is 14.4 Å². The van der Waals surface area contributed by atoms with Gasteiger partial charge < -0.3 is 14.8 Å². The third-order valence-corrected chi connectivity index (χ3v) is 6.67. The van der Waals surface area contributed by atoms with Crippen molar-refractivity contribution in [2.45, 2.75) is 130 Å². The largest absolute Gasteiger partial charge is 0.466 e. The van der Waals surface area contributed by atoms with Crippen LogP contribution < -0.4 is 5.32 Å². The molecule has 0 radical (unpaired) electrons. The van der Waals surface area contributed by atoms with Crippen LogP contribution in [0.3, 0.4) is 0 Å². The molecule has 0 bridgehead atoms. The Kier molecular flexibility index (Phi) is 29.2. The summed E-state index contributed by atoms with van der Waals surface area (Å²) in [6, 6.07) is 0. The Morgan fingerprint density at radius 2 is 1.27 bits per heavy atom. The predicted molar refractivity (Wildman–Crippen MR) is 155 cm³/mol. The second kappa shape index (κ2) is 28.9. The molecule has 0 aliphatic carbocycles. The molecule has 0 spiro atoms. The number of esters is 2. The molecule has 1 N–H and O–H groups in total. The lowest BCUT2D eigenvalue weighted by atomic mass is 9.93. The number of hydrogen-bond donors (Lipinski definition) is 1. The maximum atomic E-state index is 11.7. The van der Waals surface area contributed by atoms with Gasteiger partial charge in [0.05, 0.1) is 13.2 Å². The number of rotatable bonds is 24. The standard InChI is InChI=1S/C22H42O4.C9H17NO/c1-4-7-9-10-11-19-26-22(24)17-13-15-20(6-3)14-12-16-21(23)25-18-8-5-2;1-4-8(6-7-10-3)9(11)5-2/h20H,4-19H2,1-3H3;5,8,10H,2,4,6-7H2,1,3H3. The van der Waals surface area contributed by atoms with Gasteiger partial charge in [0.25, 0.3) is 0 Å². The summed E-state index contributed by atoms with van der Waals surface area (Å²) in [5, 5.41) is 3.02. The molecule has 0 aliphatic rings. The Morgan fingerprint density at radius 1 is 0.730 bits per heavy atom. The lowest BCUT2D eigenvalue weighted by Crippen LogP contribution is -2.18. The van der Waals surface area contributed by atoms with Crippen molar-refractivity contribution in [1.82, 2.24) is 5.32 Å². The van der Waals surface area contributed by atoms with Crippen molar-refractivity contribution < 1.29 is 23.9 Å². The maximum absolute atomic E-state index is 11.7. The molecule has 0 rings (SSSR count). The summed E-state index contributed by atoms with van der Waals surface area (Å²) < 4.78 is 10.5. The van der Waals surface area contributed by atoms with Gasteiger partial charge in [-0.3, -0.25) is 14.4 Å². The van der Waals surface area contributed by atoms with Crippen LogP contribution in [-0.4, -0.2) is 44.5 Å². The molecule has 0 amide bonds. The third-order valence-electron chi connectivity index (χ3n) is 6.67. The number of carbonyl (C=O) groups is 3. The molecular weight excluding hydrogens is 466 g/mol. The van der Waals surface area contributed by atoms with Gasteiger partial charge in [-0.05, 0) is 77.0 Å². The van der Waals surface area contributed by atoms with Crippen LogP contribution >= 0.6 is 0 Å². The molecule has 218 valence electrons. The molecule has 2 atom stereocenters. The quantitative estimate of drug-likeness (QED) is 0.0794. The Hall–Kier alpha value is -1.69. The van der Waals surface area contributed by atoms with E-state index in [1.54, 1.807) is 0 Å².